The van der Waals surface area contributed by atoms with Gasteiger partial charge in [-0.15, -0.1) is 0 Å². The highest BCUT2D eigenvalue weighted by molar-refractivity contribution is 6.21. The molecule has 9 aromatic rings. The van der Waals surface area contributed by atoms with Crippen molar-refractivity contribution in [3.05, 3.63) is 205 Å². The van der Waals surface area contributed by atoms with Gasteiger partial charge in [-0.3, -0.25) is 0 Å². The van der Waals surface area contributed by atoms with E-state index in [-0.39, 0.29) is 5.92 Å². The standard InChI is InChI=1S/C50H35N/c1-3-15-37(16-4-1)49-42-22-10-11-23-43(42)50(38-17-5-2-6-18-38)45-32-39(30-31-44(45)49)34-26-28-36(29-27-34)48-33-40-19-8-12-24-46(40)51(48)47-25-13-20-35-14-7-9-21-41(35)47/h1-28,30-33,36H,29H2. The minimum absolute atomic E-state index is 0.258. The summed E-state index contributed by atoms with van der Waals surface area (Å²) in [4.78, 5) is 0. The van der Waals surface area contributed by atoms with Crippen LogP contribution in [0.5, 0.6) is 0 Å². The molecular formula is C50H35N. The van der Waals surface area contributed by atoms with Crippen LogP contribution in [0.15, 0.2) is 194 Å². The average molecular weight is 650 g/mol. The monoisotopic (exact) mass is 649 g/mol. The van der Waals surface area contributed by atoms with Crippen LogP contribution in [-0.4, -0.2) is 4.57 Å². The number of benzene rings is 8. The molecule has 8 aromatic carbocycles. The van der Waals surface area contributed by atoms with Gasteiger partial charge in [0.1, 0.15) is 0 Å². The maximum Gasteiger partial charge on any atom is 0.0537 e. The first-order valence-corrected chi connectivity index (χ1v) is 17.9. The maximum absolute atomic E-state index is 2.49. The fourth-order valence-electron chi connectivity index (χ4n) is 8.36. The van der Waals surface area contributed by atoms with E-state index in [1.807, 2.05) is 0 Å². The lowest BCUT2D eigenvalue weighted by Gasteiger charge is -2.22. The molecule has 1 aromatic heterocycles. The summed E-state index contributed by atoms with van der Waals surface area (Å²) in [7, 11) is 0. The van der Waals surface area contributed by atoms with Gasteiger partial charge in [0.25, 0.3) is 0 Å². The lowest BCUT2D eigenvalue weighted by molar-refractivity contribution is 0.795. The predicted molar refractivity (Wildman–Crippen MR) is 218 cm³/mol. The Morgan fingerprint density at radius 1 is 0.431 bits per heavy atom. The van der Waals surface area contributed by atoms with Crippen LogP contribution in [0.3, 0.4) is 0 Å². The number of para-hydroxylation sites is 1. The van der Waals surface area contributed by atoms with Gasteiger partial charge in [0.2, 0.25) is 0 Å². The van der Waals surface area contributed by atoms with Gasteiger partial charge in [-0.2, -0.15) is 0 Å². The van der Waals surface area contributed by atoms with Crippen molar-refractivity contribution in [3.63, 3.8) is 0 Å². The Balaban J connectivity index is 1.11. The van der Waals surface area contributed by atoms with Crippen LogP contribution in [-0.2, 0) is 0 Å². The highest BCUT2D eigenvalue weighted by Crippen LogP contribution is 2.45. The molecule has 1 atom stereocenters. The van der Waals surface area contributed by atoms with Crippen LogP contribution < -0.4 is 0 Å². The average Bonchev–Trinajstić information content (AvgIpc) is 3.59. The van der Waals surface area contributed by atoms with Crippen molar-refractivity contribution < 1.29 is 0 Å². The molecule has 1 heterocycles. The van der Waals surface area contributed by atoms with Crippen LogP contribution >= 0.6 is 0 Å². The van der Waals surface area contributed by atoms with Crippen LogP contribution in [0.25, 0.3) is 76.7 Å². The minimum atomic E-state index is 0.258. The molecule has 0 fully saturated rings. The lowest BCUT2D eigenvalue weighted by atomic mass is 9.84. The topological polar surface area (TPSA) is 4.93 Å². The zero-order valence-electron chi connectivity index (χ0n) is 28.2. The summed E-state index contributed by atoms with van der Waals surface area (Å²) < 4.78 is 2.49. The van der Waals surface area contributed by atoms with E-state index in [1.165, 1.54) is 88.0 Å². The predicted octanol–water partition coefficient (Wildman–Crippen LogP) is 13.6. The van der Waals surface area contributed by atoms with E-state index in [0.29, 0.717) is 0 Å². The number of hydrogen-bond donors (Lipinski definition) is 0. The fourth-order valence-corrected chi connectivity index (χ4v) is 8.36. The molecule has 0 amide bonds. The van der Waals surface area contributed by atoms with E-state index in [4.69, 9.17) is 0 Å². The molecule has 0 spiro atoms. The second kappa shape index (κ2) is 12.2. The summed E-state index contributed by atoms with van der Waals surface area (Å²) in [6, 6.07) is 64.3. The molecule has 0 radical (unpaired) electrons. The molecule has 240 valence electrons. The van der Waals surface area contributed by atoms with E-state index in [2.05, 4.69) is 199 Å². The zero-order valence-corrected chi connectivity index (χ0v) is 28.2. The fraction of sp³-hybridized carbons (Fsp3) is 0.0400. The van der Waals surface area contributed by atoms with Crippen LogP contribution in [0.1, 0.15) is 23.6 Å². The van der Waals surface area contributed by atoms with Crippen LogP contribution in [0, 0.1) is 0 Å². The molecule has 51 heavy (non-hydrogen) atoms. The van der Waals surface area contributed by atoms with Crippen molar-refractivity contribution in [1.82, 2.24) is 4.57 Å². The van der Waals surface area contributed by atoms with E-state index < -0.39 is 0 Å². The molecule has 1 nitrogen and oxygen atoms in total. The number of nitrogens with zero attached hydrogens (tertiary/aromatic N) is 1. The molecule has 0 saturated carbocycles. The number of fused-ring (bicyclic) bond motifs is 4. The van der Waals surface area contributed by atoms with Gasteiger partial charge in [0, 0.05) is 22.4 Å². The van der Waals surface area contributed by atoms with Crippen molar-refractivity contribution in [2.75, 3.05) is 0 Å². The summed E-state index contributed by atoms with van der Waals surface area (Å²) in [6.45, 7) is 0. The molecule has 0 aliphatic heterocycles. The van der Waals surface area contributed by atoms with E-state index in [1.54, 1.807) is 0 Å². The minimum Gasteiger partial charge on any atom is -0.312 e. The summed E-state index contributed by atoms with van der Waals surface area (Å²) >= 11 is 0. The smallest absolute Gasteiger partial charge is 0.0537 e. The third-order valence-corrected chi connectivity index (χ3v) is 10.7. The zero-order chi connectivity index (χ0) is 33.7. The molecule has 1 aliphatic carbocycles. The van der Waals surface area contributed by atoms with Crippen molar-refractivity contribution in [2.45, 2.75) is 12.3 Å². The van der Waals surface area contributed by atoms with E-state index in [9.17, 15) is 0 Å². The molecule has 0 saturated heterocycles. The molecule has 0 bridgehead atoms. The van der Waals surface area contributed by atoms with E-state index >= 15 is 0 Å². The molecule has 1 heteroatoms. The van der Waals surface area contributed by atoms with Crippen molar-refractivity contribution >= 4 is 48.8 Å². The van der Waals surface area contributed by atoms with Crippen LogP contribution in [0.4, 0.5) is 0 Å². The summed E-state index contributed by atoms with van der Waals surface area (Å²) in [5, 5.41) is 8.92. The Bertz CT molecular complexity index is 2810. The quantitative estimate of drug-likeness (QED) is 0.164. The van der Waals surface area contributed by atoms with Crippen molar-refractivity contribution in [2.24, 2.45) is 0 Å². The first-order chi connectivity index (χ1) is 25.3. The van der Waals surface area contributed by atoms with Gasteiger partial charge < -0.3 is 4.57 Å². The Labute approximate surface area is 298 Å². The van der Waals surface area contributed by atoms with Gasteiger partial charge in [0.15, 0.2) is 0 Å². The van der Waals surface area contributed by atoms with Gasteiger partial charge in [0.05, 0.1) is 11.2 Å². The van der Waals surface area contributed by atoms with Crippen LogP contribution in [0.2, 0.25) is 0 Å². The second-order valence-corrected chi connectivity index (χ2v) is 13.6. The Morgan fingerprint density at radius 3 is 1.73 bits per heavy atom. The summed E-state index contributed by atoms with van der Waals surface area (Å²) in [5.74, 6) is 0.258. The highest BCUT2D eigenvalue weighted by Gasteiger charge is 2.22. The Kier molecular flexibility index (Phi) is 7.03. The highest BCUT2D eigenvalue weighted by atomic mass is 15.0. The molecule has 0 N–H and O–H groups in total. The number of allylic oxidation sites excluding steroid dienone is 4. The number of aromatic nitrogens is 1. The van der Waals surface area contributed by atoms with Crippen molar-refractivity contribution in [1.29, 1.82) is 0 Å². The largest absolute Gasteiger partial charge is 0.312 e. The van der Waals surface area contributed by atoms with Gasteiger partial charge in [-0.05, 0) is 91.0 Å². The molecular weight excluding hydrogens is 615 g/mol. The maximum atomic E-state index is 2.49. The second-order valence-electron chi connectivity index (χ2n) is 13.6. The Morgan fingerprint density at radius 2 is 1.02 bits per heavy atom. The number of rotatable bonds is 5. The van der Waals surface area contributed by atoms with Crippen molar-refractivity contribution in [3.8, 4) is 27.9 Å². The third-order valence-electron chi connectivity index (χ3n) is 10.7. The van der Waals surface area contributed by atoms with Gasteiger partial charge in [-0.25, -0.2) is 0 Å². The summed E-state index contributed by atoms with van der Waals surface area (Å²) in [5.41, 5.74) is 11.4. The molecule has 1 unspecified atom stereocenters. The van der Waals surface area contributed by atoms with E-state index in [0.717, 1.165) is 6.42 Å². The third kappa shape index (κ3) is 4.93. The normalized spacial score (nSPS) is 14.4. The van der Waals surface area contributed by atoms with Gasteiger partial charge in [-0.1, -0.05) is 170 Å². The molecule has 10 rings (SSSR count). The Hall–Kier alpha value is -6.44. The first kappa shape index (κ1) is 29.5. The SMILES string of the molecule is C1=CC(c2cc3ccccc3n2-c2cccc3ccccc23)CC=C1c1ccc2c(-c3ccccc3)c3ccccc3c(-c3ccccc3)c2c1. The number of hydrogen-bond acceptors (Lipinski definition) is 0. The molecule has 1 aliphatic rings. The first-order valence-electron chi connectivity index (χ1n) is 17.9. The summed E-state index contributed by atoms with van der Waals surface area (Å²) in [6.07, 6.45) is 8.15. The van der Waals surface area contributed by atoms with Gasteiger partial charge >= 0.3 is 0 Å². The lowest BCUT2D eigenvalue weighted by Crippen LogP contribution is -2.07.